The van der Waals surface area contributed by atoms with Crippen LogP contribution in [0.2, 0.25) is 0 Å². The van der Waals surface area contributed by atoms with Gasteiger partial charge in [0.05, 0.1) is 4.47 Å². The maximum Gasteiger partial charge on any atom is 0.222 e. The van der Waals surface area contributed by atoms with Crippen LogP contribution in [0.3, 0.4) is 0 Å². The van der Waals surface area contributed by atoms with Crippen LogP contribution in [0.4, 0.5) is 11.8 Å². The molecule has 0 amide bonds. The van der Waals surface area contributed by atoms with Crippen molar-refractivity contribution in [3.05, 3.63) is 10.7 Å². The zero-order valence-corrected chi connectivity index (χ0v) is 12.0. The Kier molecular flexibility index (Phi) is 3.53. The van der Waals surface area contributed by atoms with Gasteiger partial charge in [0.1, 0.15) is 5.82 Å². The third-order valence-electron chi connectivity index (χ3n) is 3.28. The summed E-state index contributed by atoms with van der Waals surface area (Å²) in [5.41, 5.74) is 5.64. The first-order valence-electron chi connectivity index (χ1n) is 5.68. The molecule has 0 bridgehead atoms. The highest BCUT2D eigenvalue weighted by atomic mass is 79.9. The number of anilines is 2. The van der Waals surface area contributed by atoms with Gasteiger partial charge in [0, 0.05) is 25.3 Å². The second-order valence-corrected chi connectivity index (χ2v) is 5.67. The summed E-state index contributed by atoms with van der Waals surface area (Å²) in [5.74, 6) is 1.84. The van der Waals surface area contributed by atoms with Gasteiger partial charge in [-0.1, -0.05) is 6.92 Å². The molecule has 17 heavy (non-hydrogen) atoms. The molecule has 1 aliphatic heterocycles. The summed E-state index contributed by atoms with van der Waals surface area (Å²) in [7, 11) is 4.24. The van der Waals surface area contributed by atoms with Crippen LogP contribution in [0, 0.1) is 5.92 Å². The van der Waals surface area contributed by atoms with E-state index in [0.717, 1.165) is 23.4 Å². The van der Waals surface area contributed by atoms with E-state index in [9.17, 15) is 0 Å². The van der Waals surface area contributed by atoms with Crippen LogP contribution in [0.15, 0.2) is 10.7 Å². The van der Waals surface area contributed by atoms with Crippen molar-refractivity contribution in [3.63, 3.8) is 0 Å². The van der Waals surface area contributed by atoms with E-state index < -0.39 is 0 Å². The van der Waals surface area contributed by atoms with E-state index in [1.54, 1.807) is 6.20 Å². The number of aromatic nitrogens is 2. The standard InChI is InChI=1S/C11H18BrN5/c1-7-5-17(6-9(7)16(2)3)10-8(12)4-14-11(13)15-10/h4,7,9H,5-6H2,1-3H3,(H2,13,14,15). The Hall–Kier alpha value is -0.880. The van der Waals surface area contributed by atoms with Crippen LogP contribution >= 0.6 is 15.9 Å². The molecule has 1 aromatic heterocycles. The SMILES string of the molecule is CC1CN(c2nc(N)ncc2Br)CC1N(C)C. The van der Waals surface area contributed by atoms with Gasteiger partial charge in [0.25, 0.3) is 0 Å². The van der Waals surface area contributed by atoms with E-state index in [4.69, 9.17) is 5.73 Å². The van der Waals surface area contributed by atoms with Gasteiger partial charge in [0.15, 0.2) is 0 Å². The summed E-state index contributed by atoms with van der Waals surface area (Å²) in [6.45, 7) is 4.24. The van der Waals surface area contributed by atoms with Crippen LogP contribution in [-0.4, -0.2) is 48.1 Å². The third-order valence-corrected chi connectivity index (χ3v) is 3.84. The minimum Gasteiger partial charge on any atom is -0.368 e. The summed E-state index contributed by atoms with van der Waals surface area (Å²) >= 11 is 3.48. The lowest BCUT2D eigenvalue weighted by molar-refractivity contribution is 0.266. The van der Waals surface area contributed by atoms with Crippen molar-refractivity contribution < 1.29 is 0 Å². The number of nitrogens with two attached hydrogens (primary N) is 1. The van der Waals surface area contributed by atoms with Crippen molar-refractivity contribution in [2.75, 3.05) is 37.8 Å². The van der Waals surface area contributed by atoms with Crippen LogP contribution in [-0.2, 0) is 0 Å². The summed E-state index contributed by atoms with van der Waals surface area (Å²) in [6.07, 6.45) is 1.71. The Morgan fingerprint density at radius 2 is 2.18 bits per heavy atom. The molecule has 5 nitrogen and oxygen atoms in total. The summed E-state index contributed by atoms with van der Waals surface area (Å²) in [5, 5.41) is 0. The van der Waals surface area contributed by atoms with Gasteiger partial charge in [0.2, 0.25) is 5.95 Å². The molecule has 1 saturated heterocycles. The van der Waals surface area contributed by atoms with E-state index >= 15 is 0 Å². The second kappa shape index (κ2) is 4.78. The van der Waals surface area contributed by atoms with Crippen molar-refractivity contribution in [2.45, 2.75) is 13.0 Å². The first-order chi connectivity index (χ1) is 7.99. The Labute approximate surface area is 110 Å². The first-order valence-corrected chi connectivity index (χ1v) is 6.47. The van der Waals surface area contributed by atoms with E-state index in [1.807, 2.05) is 0 Å². The zero-order valence-electron chi connectivity index (χ0n) is 10.4. The van der Waals surface area contributed by atoms with Gasteiger partial charge in [-0.15, -0.1) is 0 Å². The fraction of sp³-hybridized carbons (Fsp3) is 0.636. The fourth-order valence-corrected chi connectivity index (χ4v) is 2.83. The van der Waals surface area contributed by atoms with Crippen molar-refractivity contribution in [1.29, 1.82) is 0 Å². The maximum absolute atomic E-state index is 5.64. The Balaban J connectivity index is 2.22. The highest BCUT2D eigenvalue weighted by Gasteiger charge is 2.32. The fourth-order valence-electron chi connectivity index (χ4n) is 2.39. The number of likely N-dealkylation sites (N-methyl/N-ethyl adjacent to an activating group) is 1. The highest BCUT2D eigenvalue weighted by Crippen LogP contribution is 2.30. The molecule has 0 spiro atoms. The van der Waals surface area contributed by atoms with Gasteiger partial charge < -0.3 is 15.5 Å². The molecule has 1 fully saturated rings. The van der Waals surface area contributed by atoms with Gasteiger partial charge in [-0.05, 0) is 35.9 Å². The zero-order chi connectivity index (χ0) is 12.6. The molecule has 2 atom stereocenters. The normalized spacial score (nSPS) is 24.6. The second-order valence-electron chi connectivity index (χ2n) is 4.81. The molecule has 2 heterocycles. The summed E-state index contributed by atoms with van der Waals surface area (Å²) in [4.78, 5) is 12.8. The number of rotatable bonds is 2. The van der Waals surface area contributed by atoms with Crippen molar-refractivity contribution in [3.8, 4) is 0 Å². The highest BCUT2D eigenvalue weighted by molar-refractivity contribution is 9.10. The molecule has 0 aliphatic carbocycles. The smallest absolute Gasteiger partial charge is 0.222 e. The number of hydrogen-bond acceptors (Lipinski definition) is 5. The third kappa shape index (κ3) is 2.52. The van der Waals surface area contributed by atoms with Gasteiger partial charge in [-0.3, -0.25) is 0 Å². The molecule has 6 heteroatoms. The predicted molar refractivity (Wildman–Crippen MR) is 73.0 cm³/mol. The Bertz CT molecular complexity index is 409. The molecule has 2 unspecified atom stereocenters. The van der Waals surface area contributed by atoms with Crippen LogP contribution in [0.5, 0.6) is 0 Å². The first kappa shape index (κ1) is 12.6. The molecule has 94 valence electrons. The van der Waals surface area contributed by atoms with Crippen molar-refractivity contribution in [2.24, 2.45) is 5.92 Å². The van der Waals surface area contributed by atoms with Crippen LogP contribution < -0.4 is 10.6 Å². The average molecular weight is 300 g/mol. The molecular weight excluding hydrogens is 282 g/mol. The van der Waals surface area contributed by atoms with E-state index in [1.165, 1.54) is 0 Å². The average Bonchev–Trinajstić information content (AvgIpc) is 2.64. The minimum absolute atomic E-state index is 0.323. The molecular formula is C11H18BrN5. The maximum atomic E-state index is 5.64. The monoisotopic (exact) mass is 299 g/mol. The lowest BCUT2D eigenvalue weighted by Crippen LogP contribution is -2.34. The number of hydrogen-bond donors (Lipinski definition) is 1. The minimum atomic E-state index is 0.323. The number of nitrogens with zero attached hydrogens (tertiary/aromatic N) is 4. The summed E-state index contributed by atoms with van der Waals surface area (Å²) < 4.78 is 0.901. The molecule has 0 saturated carbocycles. The Morgan fingerprint density at radius 1 is 1.47 bits per heavy atom. The molecule has 0 radical (unpaired) electrons. The predicted octanol–water partition coefficient (Wildman–Crippen LogP) is 1.21. The van der Waals surface area contributed by atoms with Gasteiger partial charge >= 0.3 is 0 Å². The molecule has 1 aliphatic rings. The lowest BCUT2D eigenvalue weighted by atomic mass is 10.1. The van der Waals surface area contributed by atoms with E-state index in [2.05, 4.69) is 56.7 Å². The van der Waals surface area contributed by atoms with Crippen molar-refractivity contribution in [1.82, 2.24) is 14.9 Å². The van der Waals surface area contributed by atoms with Crippen LogP contribution in [0.25, 0.3) is 0 Å². The number of halogens is 1. The molecule has 1 aromatic rings. The van der Waals surface area contributed by atoms with E-state index in [0.29, 0.717) is 17.9 Å². The Morgan fingerprint density at radius 3 is 2.76 bits per heavy atom. The quantitative estimate of drug-likeness (QED) is 0.889. The molecule has 2 N–H and O–H groups in total. The van der Waals surface area contributed by atoms with Gasteiger partial charge in [-0.25, -0.2) is 4.98 Å². The largest absolute Gasteiger partial charge is 0.368 e. The summed E-state index contributed by atoms with van der Waals surface area (Å²) in [6, 6.07) is 0.554. The van der Waals surface area contributed by atoms with E-state index in [-0.39, 0.29) is 0 Å². The molecule has 0 aromatic carbocycles. The lowest BCUT2D eigenvalue weighted by Gasteiger charge is -2.23. The topological polar surface area (TPSA) is 58.3 Å². The molecule has 2 rings (SSSR count). The number of nitrogen functional groups attached to an aromatic ring is 1. The van der Waals surface area contributed by atoms with Crippen molar-refractivity contribution >= 4 is 27.7 Å². The van der Waals surface area contributed by atoms with Gasteiger partial charge in [-0.2, -0.15) is 4.98 Å². The van der Waals surface area contributed by atoms with Crippen LogP contribution in [0.1, 0.15) is 6.92 Å².